The summed E-state index contributed by atoms with van der Waals surface area (Å²) in [6.07, 6.45) is -7.08. The Hall–Kier alpha value is -2.77. The number of benzene rings is 2. The van der Waals surface area contributed by atoms with E-state index in [1.54, 1.807) is 0 Å². The summed E-state index contributed by atoms with van der Waals surface area (Å²) in [4.78, 5) is 25.8. The first-order chi connectivity index (χ1) is 19.2. The second-order valence-electron chi connectivity index (χ2n) is 10.3. The van der Waals surface area contributed by atoms with Crippen LogP contribution >= 0.6 is 0 Å². The minimum Gasteiger partial charge on any atom is -1.00 e. The summed E-state index contributed by atoms with van der Waals surface area (Å²) in [5, 5.41) is 33.8. The molecule has 0 bridgehead atoms. The SMILES string of the molecule is CC(C)c1c(C(=O)N(C)Cc2ccc(C(F)(F)F)cc2)nn(-c2ccc(F)cc2)c1CC[C@@H](O)C[C@@H](O)CC(=O)O.[H-].[Na+]. The molecule has 0 aliphatic heterocycles. The van der Waals surface area contributed by atoms with Gasteiger partial charge in [0.05, 0.1) is 29.9 Å². The van der Waals surface area contributed by atoms with Crippen LogP contribution in [0.2, 0.25) is 0 Å². The maximum atomic E-state index is 13.7. The molecule has 0 unspecified atom stereocenters. The van der Waals surface area contributed by atoms with E-state index in [1.165, 1.54) is 53.0 Å². The third-order valence-corrected chi connectivity index (χ3v) is 6.59. The van der Waals surface area contributed by atoms with Crippen molar-refractivity contribution in [2.75, 3.05) is 7.05 Å². The Morgan fingerprint density at radius 3 is 2.14 bits per heavy atom. The van der Waals surface area contributed by atoms with E-state index < -0.39 is 48.1 Å². The minimum absolute atomic E-state index is 0. The van der Waals surface area contributed by atoms with Gasteiger partial charge in [-0.1, -0.05) is 26.0 Å². The number of carbonyl (C=O) groups excluding carboxylic acids is 1. The fourth-order valence-corrected chi connectivity index (χ4v) is 4.61. The Morgan fingerprint density at radius 2 is 1.62 bits per heavy atom. The molecule has 0 aliphatic carbocycles. The third kappa shape index (κ3) is 9.37. The Morgan fingerprint density at radius 1 is 1.02 bits per heavy atom. The van der Waals surface area contributed by atoms with E-state index in [9.17, 15) is 37.4 Å². The Balaban J connectivity index is 0.00000462. The number of rotatable bonds is 12. The molecule has 42 heavy (non-hydrogen) atoms. The summed E-state index contributed by atoms with van der Waals surface area (Å²) >= 11 is 0. The van der Waals surface area contributed by atoms with Crippen LogP contribution in [0.1, 0.15) is 73.3 Å². The number of halogens is 4. The van der Waals surface area contributed by atoms with Gasteiger partial charge in [0.25, 0.3) is 5.91 Å². The number of aromatic nitrogens is 2. The van der Waals surface area contributed by atoms with Gasteiger partial charge in [0.1, 0.15) is 5.82 Å². The van der Waals surface area contributed by atoms with Crippen LogP contribution in [0.15, 0.2) is 48.5 Å². The van der Waals surface area contributed by atoms with Crippen molar-refractivity contribution in [2.45, 2.75) is 70.4 Å². The number of aliphatic hydroxyl groups is 2. The van der Waals surface area contributed by atoms with Crippen molar-refractivity contribution in [3.63, 3.8) is 0 Å². The zero-order valence-electron chi connectivity index (χ0n) is 24.9. The predicted molar refractivity (Wildman–Crippen MR) is 143 cm³/mol. The topological polar surface area (TPSA) is 116 Å². The summed E-state index contributed by atoms with van der Waals surface area (Å²) in [7, 11) is 1.51. The van der Waals surface area contributed by atoms with E-state index in [2.05, 4.69) is 5.10 Å². The van der Waals surface area contributed by atoms with Crippen LogP contribution in [0.4, 0.5) is 17.6 Å². The number of alkyl halides is 3. The number of aliphatic carboxylic acids is 1. The van der Waals surface area contributed by atoms with Gasteiger partial charge in [-0.3, -0.25) is 9.59 Å². The molecule has 0 aliphatic rings. The maximum Gasteiger partial charge on any atom is 1.00 e. The molecule has 2 atom stereocenters. The van der Waals surface area contributed by atoms with Crippen molar-refractivity contribution in [3.05, 3.63) is 82.4 Å². The molecule has 0 fully saturated rings. The van der Waals surface area contributed by atoms with Gasteiger partial charge in [-0.2, -0.15) is 18.3 Å². The number of aliphatic hydroxyl groups excluding tert-OH is 2. The summed E-state index contributed by atoms with van der Waals surface area (Å²) in [5.41, 5.74) is 1.42. The van der Waals surface area contributed by atoms with Gasteiger partial charge >= 0.3 is 41.7 Å². The average Bonchev–Trinajstić information content (AvgIpc) is 3.26. The van der Waals surface area contributed by atoms with E-state index in [0.29, 0.717) is 22.5 Å². The van der Waals surface area contributed by atoms with E-state index in [-0.39, 0.29) is 68.4 Å². The number of hydrogen-bond acceptors (Lipinski definition) is 5. The smallest absolute Gasteiger partial charge is 1.00 e. The first kappa shape index (κ1) is 35.4. The molecule has 3 aromatic rings. The Kier molecular flexibility index (Phi) is 12.7. The van der Waals surface area contributed by atoms with E-state index >= 15 is 0 Å². The molecule has 1 heterocycles. The normalized spacial score (nSPS) is 13.0. The van der Waals surface area contributed by atoms with Crippen LogP contribution in [0.25, 0.3) is 5.69 Å². The first-order valence-corrected chi connectivity index (χ1v) is 13.0. The molecule has 0 saturated carbocycles. The van der Waals surface area contributed by atoms with Crippen LogP contribution in [0.3, 0.4) is 0 Å². The van der Waals surface area contributed by atoms with E-state index in [0.717, 1.165) is 12.1 Å². The summed E-state index contributed by atoms with van der Waals surface area (Å²) in [5.74, 6) is -2.35. The maximum absolute atomic E-state index is 13.7. The zero-order chi connectivity index (χ0) is 30.5. The van der Waals surface area contributed by atoms with Gasteiger partial charge in [0, 0.05) is 24.8 Å². The second-order valence-corrected chi connectivity index (χ2v) is 10.3. The van der Waals surface area contributed by atoms with Crippen molar-refractivity contribution >= 4 is 11.9 Å². The second kappa shape index (κ2) is 15.1. The summed E-state index contributed by atoms with van der Waals surface area (Å²) < 4.78 is 53.9. The van der Waals surface area contributed by atoms with Gasteiger partial charge in [-0.25, -0.2) is 9.07 Å². The van der Waals surface area contributed by atoms with Crippen molar-refractivity contribution in [1.29, 1.82) is 0 Å². The molecule has 224 valence electrons. The fourth-order valence-electron chi connectivity index (χ4n) is 4.61. The number of carbonyl (C=O) groups is 2. The van der Waals surface area contributed by atoms with Crippen molar-refractivity contribution in [2.24, 2.45) is 0 Å². The molecule has 3 N–H and O–H groups in total. The summed E-state index contributed by atoms with van der Waals surface area (Å²) in [6, 6.07) is 9.97. The monoisotopic (exact) mass is 603 g/mol. The third-order valence-electron chi connectivity index (χ3n) is 6.59. The molecule has 13 heteroatoms. The number of carboxylic acids is 1. The van der Waals surface area contributed by atoms with Crippen LogP contribution in [0.5, 0.6) is 0 Å². The zero-order valence-corrected chi connectivity index (χ0v) is 25.9. The van der Waals surface area contributed by atoms with Crippen molar-refractivity contribution < 1.29 is 73.5 Å². The van der Waals surface area contributed by atoms with E-state index in [4.69, 9.17) is 5.11 Å². The molecule has 2 aromatic carbocycles. The molecule has 1 aromatic heterocycles. The van der Waals surface area contributed by atoms with Gasteiger partial charge < -0.3 is 21.6 Å². The summed E-state index contributed by atoms with van der Waals surface area (Å²) in [6.45, 7) is 3.73. The van der Waals surface area contributed by atoms with Crippen LogP contribution in [-0.4, -0.2) is 61.1 Å². The first-order valence-electron chi connectivity index (χ1n) is 13.0. The number of amides is 1. The Labute approximate surface area is 264 Å². The van der Waals surface area contributed by atoms with Crippen molar-refractivity contribution in [3.8, 4) is 5.69 Å². The van der Waals surface area contributed by atoms with Crippen molar-refractivity contribution in [1.82, 2.24) is 14.7 Å². The fraction of sp³-hybridized carbons (Fsp3) is 0.414. The minimum atomic E-state index is -4.47. The predicted octanol–water partition coefficient (Wildman–Crippen LogP) is 2.06. The standard InChI is InChI=1S/C29H33F4N3O5.Na.H/c1-17(2)26-24(13-12-22(37)14-23(38)15-25(39)40)36(21-10-8-20(30)9-11-21)34-27(26)28(41)35(3)16-18-4-6-19(7-5-18)29(31,32)33;;/h4-11,17,22-23,37-38H,12-16H2,1-3H3,(H,39,40);;/q;+1;-1/t22-,23-;;/m1../s1. The number of nitrogens with zero attached hydrogens (tertiary/aromatic N) is 3. The quantitative estimate of drug-likeness (QED) is 0.216. The van der Waals surface area contributed by atoms with Crippen LogP contribution in [-0.2, 0) is 23.9 Å². The molecule has 0 radical (unpaired) electrons. The van der Waals surface area contributed by atoms with Gasteiger partial charge in [-0.05, 0) is 67.1 Å². The molecule has 3 rings (SSSR count). The van der Waals surface area contributed by atoms with Gasteiger partial charge in [-0.15, -0.1) is 0 Å². The molecule has 1 amide bonds. The van der Waals surface area contributed by atoms with E-state index in [1.807, 2.05) is 13.8 Å². The molecule has 0 saturated heterocycles. The molecule has 8 nitrogen and oxygen atoms in total. The number of hydrogen-bond donors (Lipinski definition) is 3. The molecule has 0 spiro atoms. The largest absolute Gasteiger partial charge is 1.00 e. The molecular formula is C29H34F4N3NaO5. The Bertz CT molecular complexity index is 1350. The van der Waals surface area contributed by atoms with Crippen LogP contribution < -0.4 is 29.6 Å². The van der Waals surface area contributed by atoms with Gasteiger partial charge in [0.2, 0.25) is 0 Å². The van der Waals surface area contributed by atoms with Crippen LogP contribution in [0, 0.1) is 5.82 Å². The average molecular weight is 604 g/mol. The molecular weight excluding hydrogens is 569 g/mol. The number of carboxylic acid groups (broad SMARTS) is 1. The van der Waals surface area contributed by atoms with Gasteiger partial charge in [0.15, 0.2) is 5.69 Å².